The molecule has 0 heterocycles. The number of amides is 2. The highest BCUT2D eigenvalue weighted by molar-refractivity contribution is 5.95. The SMILES string of the molecule is CC(=O)N(CC(=O)Nc1c(C)cccc1C(C)C)CC(C)C. The van der Waals surface area contributed by atoms with Crippen molar-refractivity contribution in [2.45, 2.75) is 47.5 Å². The van der Waals surface area contributed by atoms with Crippen LogP contribution in [0.1, 0.15) is 51.7 Å². The maximum atomic E-state index is 12.3. The summed E-state index contributed by atoms with van der Waals surface area (Å²) in [6.07, 6.45) is 0. The number of hydrogen-bond donors (Lipinski definition) is 1. The van der Waals surface area contributed by atoms with Crippen molar-refractivity contribution >= 4 is 17.5 Å². The Morgan fingerprint density at radius 2 is 1.82 bits per heavy atom. The summed E-state index contributed by atoms with van der Waals surface area (Å²) in [5.41, 5.74) is 3.03. The first kappa shape index (κ1) is 18.2. The van der Waals surface area contributed by atoms with E-state index in [-0.39, 0.29) is 18.4 Å². The summed E-state index contributed by atoms with van der Waals surface area (Å²) in [5, 5.41) is 2.99. The van der Waals surface area contributed by atoms with E-state index in [2.05, 4.69) is 19.2 Å². The second-order valence-electron chi connectivity index (χ2n) is 6.54. The predicted molar refractivity (Wildman–Crippen MR) is 91.0 cm³/mol. The number of rotatable bonds is 6. The Bertz CT molecular complexity index is 536. The molecule has 0 unspecified atom stereocenters. The van der Waals surface area contributed by atoms with Gasteiger partial charge in [-0.25, -0.2) is 0 Å². The number of para-hydroxylation sites is 1. The Morgan fingerprint density at radius 1 is 1.18 bits per heavy atom. The van der Waals surface area contributed by atoms with Gasteiger partial charge in [0.25, 0.3) is 0 Å². The summed E-state index contributed by atoms with van der Waals surface area (Å²) in [6, 6.07) is 6.02. The van der Waals surface area contributed by atoms with Gasteiger partial charge in [-0.3, -0.25) is 9.59 Å². The van der Waals surface area contributed by atoms with Crippen molar-refractivity contribution < 1.29 is 9.59 Å². The van der Waals surface area contributed by atoms with E-state index in [0.717, 1.165) is 16.8 Å². The minimum Gasteiger partial charge on any atom is -0.333 e. The van der Waals surface area contributed by atoms with Gasteiger partial charge in [0, 0.05) is 19.2 Å². The number of aryl methyl sites for hydroxylation is 1. The van der Waals surface area contributed by atoms with Crippen molar-refractivity contribution in [1.29, 1.82) is 0 Å². The maximum Gasteiger partial charge on any atom is 0.244 e. The van der Waals surface area contributed by atoms with Crippen molar-refractivity contribution in [2.24, 2.45) is 5.92 Å². The van der Waals surface area contributed by atoms with Crippen LogP contribution in [0.15, 0.2) is 18.2 Å². The van der Waals surface area contributed by atoms with Crippen molar-refractivity contribution in [3.05, 3.63) is 29.3 Å². The fourth-order valence-electron chi connectivity index (χ4n) is 2.44. The molecule has 0 aliphatic carbocycles. The Hall–Kier alpha value is -1.84. The zero-order valence-electron chi connectivity index (χ0n) is 14.6. The lowest BCUT2D eigenvalue weighted by atomic mass is 9.98. The first-order valence-corrected chi connectivity index (χ1v) is 7.87. The smallest absolute Gasteiger partial charge is 0.244 e. The van der Waals surface area contributed by atoms with E-state index in [4.69, 9.17) is 0 Å². The van der Waals surface area contributed by atoms with Gasteiger partial charge in [0.15, 0.2) is 0 Å². The lowest BCUT2D eigenvalue weighted by Gasteiger charge is -2.23. The van der Waals surface area contributed by atoms with Crippen LogP contribution in [0.5, 0.6) is 0 Å². The second kappa shape index (κ2) is 7.97. The first-order valence-electron chi connectivity index (χ1n) is 7.87. The average molecular weight is 304 g/mol. The van der Waals surface area contributed by atoms with E-state index in [9.17, 15) is 9.59 Å². The van der Waals surface area contributed by atoms with Crippen LogP contribution in [-0.4, -0.2) is 29.8 Å². The van der Waals surface area contributed by atoms with Gasteiger partial charge in [-0.15, -0.1) is 0 Å². The van der Waals surface area contributed by atoms with Gasteiger partial charge in [0.05, 0.1) is 6.54 Å². The summed E-state index contributed by atoms with van der Waals surface area (Å²) in [6.45, 7) is 12.4. The number of carbonyl (C=O) groups excluding carboxylic acids is 2. The summed E-state index contributed by atoms with van der Waals surface area (Å²) in [7, 11) is 0. The van der Waals surface area contributed by atoms with Crippen LogP contribution in [0, 0.1) is 12.8 Å². The molecule has 0 saturated heterocycles. The second-order valence-corrected chi connectivity index (χ2v) is 6.54. The van der Waals surface area contributed by atoms with Crippen molar-refractivity contribution in [3.63, 3.8) is 0 Å². The Kier molecular flexibility index (Phi) is 6.60. The molecule has 22 heavy (non-hydrogen) atoms. The van der Waals surface area contributed by atoms with E-state index < -0.39 is 0 Å². The van der Waals surface area contributed by atoms with E-state index >= 15 is 0 Å². The molecule has 0 radical (unpaired) electrons. The normalized spacial score (nSPS) is 10.9. The fraction of sp³-hybridized carbons (Fsp3) is 0.556. The fourth-order valence-corrected chi connectivity index (χ4v) is 2.44. The zero-order chi connectivity index (χ0) is 16.9. The van der Waals surface area contributed by atoms with Gasteiger partial charge in [-0.05, 0) is 29.9 Å². The molecule has 2 amide bonds. The number of benzene rings is 1. The summed E-state index contributed by atoms with van der Waals surface area (Å²) in [5.74, 6) is 0.445. The number of hydrogen-bond acceptors (Lipinski definition) is 2. The number of anilines is 1. The summed E-state index contributed by atoms with van der Waals surface area (Å²) in [4.78, 5) is 25.6. The molecule has 1 aromatic carbocycles. The van der Waals surface area contributed by atoms with Crippen LogP contribution < -0.4 is 5.32 Å². The molecular formula is C18H28N2O2. The molecule has 122 valence electrons. The molecule has 1 aromatic rings. The average Bonchev–Trinajstić information content (AvgIpc) is 2.39. The molecule has 4 heteroatoms. The van der Waals surface area contributed by atoms with Crippen molar-refractivity contribution in [3.8, 4) is 0 Å². The zero-order valence-corrected chi connectivity index (χ0v) is 14.6. The molecule has 0 fully saturated rings. The van der Waals surface area contributed by atoms with Crippen LogP contribution in [0.3, 0.4) is 0 Å². The minimum atomic E-state index is -0.146. The quantitative estimate of drug-likeness (QED) is 0.873. The van der Waals surface area contributed by atoms with Crippen LogP contribution in [-0.2, 0) is 9.59 Å². The largest absolute Gasteiger partial charge is 0.333 e. The third-order valence-electron chi connectivity index (χ3n) is 3.56. The molecule has 0 aromatic heterocycles. The van der Waals surface area contributed by atoms with Gasteiger partial charge < -0.3 is 10.2 Å². The highest BCUT2D eigenvalue weighted by Gasteiger charge is 2.17. The van der Waals surface area contributed by atoms with Gasteiger partial charge in [0.1, 0.15) is 0 Å². The third kappa shape index (κ3) is 5.17. The van der Waals surface area contributed by atoms with Crippen LogP contribution >= 0.6 is 0 Å². The Morgan fingerprint density at radius 3 is 2.32 bits per heavy atom. The molecule has 0 aliphatic rings. The van der Waals surface area contributed by atoms with Crippen molar-refractivity contribution in [1.82, 2.24) is 4.90 Å². The molecule has 1 rings (SSSR count). The number of nitrogens with one attached hydrogen (secondary N) is 1. The number of nitrogens with zero attached hydrogens (tertiary/aromatic N) is 1. The monoisotopic (exact) mass is 304 g/mol. The molecule has 0 spiro atoms. The highest BCUT2D eigenvalue weighted by atomic mass is 16.2. The molecule has 0 atom stereocenters. The van der Waals surface area contributed by atoms with Gasteiger partial charge in [0.2, 0.25) is 11.8 Å². The Labute approximate surface area is 133 Å². The van der Waals surface area contributed by atoms with E-state index in [1.807, 2.05) is 39.0 Å². The van der Waals surface area contributed by atoms with Gasteiger partial charge >= 0.3 is 0 Å². The summed E-state index contributed by atoms with van der Waals surface area (Å²) < 4.78 is 0. The molecule has 0 bridgehead atoms. The Balaban J connectivity index is 2.87. The maximum absolute atomic E-state index is 12.3. The van der Waals surface area contributed by atoms with Crippen LogP contribution in [0.4, 0.5) is 5.69 Å². The lowest BCUT2D eigenvalue weighted by Crippen LogP contribution is -2.39. The van der Waals surface area contributed by atoms with Crippen LogP contribution in [0.25, 0.3) is 0 Å². The van der Waals surface area contributed by atoms with E-state index in [0.29, 0.717) is 18.4 Å². The van der Waals surface area contributed by atoms with Gasteiger partial charge in [-0.2, -0.15) is 0 Å². The molecule has 0 aliphatic heterocycles. The lowest BCUT2D eigenvalue weighted by molar-refractivity contribution is -0.133. The van der Waals surface area contributed by atoms with Crippen molar-refractivity contribution in [2.75, 3.05) is 18.4 Å². The molecule has 1 N–H and O–H groups in total. The minimum absolute atomic E-state index is 0.0716. The molecular weight excluding hydrogens is 276 g/mol. The molecule has 0 saturated carbocycles. The van der Waals surface area contributed by atoms with Gasteiger partial charge in [-0.1, -0.05) is 45.9 Å². The number of carbonyl (C=O) groups is 2. The standard InChI is InChI=1S/C18H28N2O2/c1-12(2)10-20(15(6)21)11-17(22)19-18-14(5)8-7-9-16(18)13(3)4/h7-9,12-13H,10-11H2,1-6H3,(H,19,22). The third-order valence-corrected chi connectivity index (χ3v) is 3.56. The first-order chi connectivity index (χ1) is 10.2. The molecule has 4 nitrogen and oxygen atoms in total. The van der Waals surface area contributed by atoms with Crippen LogP contribution in [0.2, 0.25) is 0 Å². The highest BCUT2D eigenvalue weighted by Crippen LogP contribution is 2.27. The summed E-state index contributed by atoms with van der Waals surface area (Å²) >= 11 is 0. The topological polar surface area (TPSA) is 49.4 Å². The van der Waals surface area contributed by atoms with E-state index in [1.54, 1.807) is 4.90 Å². The predicted octanol–water partition coefficient (Wildman–Crippen LogP) is 3.56. The van der Waals surface area contributed by atoms with E-state index in [1.165, 1.54) is 6.92 Å².